The number of ketones is 1. The molecule has 0 saturated heterocycles. The van der Waals surface area contributed by atoms with Crippen LogP contribution in [0.5, 0.6) is 0 Å². The molecule has 0 spiro atoms. The maximum atomic E-state index is 12.1. The Bertz CT molecular complexity index is 489. The number of esters is 1. The van der Waals surface area contributed by atoms with E-state index in [1.165, 1.54) is 6.08 Å². The van der Waals surface area contributed by atoms with Crippen LogP contribution in [0.15, 0.2) is 23.2 Å². The average molecular weight is 296 g/mol. The third-order valence-electron chi connectivity index (χ3n) is 2.28. The third kappa shape index (κ3) is 4.92. The molecule has 0 aromatic carbocycles. The quantitative estimate of drug-likeness (QED) is 0.576. The molecule has 5 nitrogen and oxygen atoms in total. The van der Waals surface area contributed by atoms with E-state index in [0.29, 0.717) is 5.76 Å². The van der Waals surface area contributed by atoms with Crippen molar-refractivity contribution in [3.8, 4) is 0 Å². The molecule has 5 heteroatoms. The van der Waals surface area contributed by atoms with Gasteiger partial charge in [0.1, 0.15) is 5.60 Å². The molecule has 0 aliphatic heterocycles. The molecular weight excluding hydrogens is 272 g/mol. The van der Waals surface area contributed by atoms with Gasteiger partial charge in [-0.3, -0.25) is 4.79 Å². The van der Waals surface area contributed by atoms with Crippen molar-refractivity contribution in [1.29, 1.82) is 0 Å². The van der Waals surface area contributed by atoms with E-state index < -0.39 is 11.6 Å². The van der Waals surface area contributed by atoms with Gasteiger partial charge in [-0.25, -0.2) is 4.79 Å². The number of Topliss-reactive ketones (excluding diaryl/α,β-unsaturated/α-hetero) is 1. The Labute approximate surface area is 125 Å². The Morgan fingerprint density at radius 3 is 1.90 bits per heavy atom. The van der Waals surface area contributed by atoms with E-state index in [1.807, 2.05) is 27.7 Å². The highest BCUT2D eigenvalue weighted by atomic mass is 16.6. The van der Waals surface area contributed by atoms with E-state index in [4.69, 9.17) is 14.2 Å². The highest BCUT2D eigenvalue weighted by Gasteiger charge is 2.39. The summed E-state index contributed by atoms with van der Waals surface area (Å²) in [6, 6.07) is 0. The van der Waals surface area contributed by atoms with Gasteiger partial charge in [-0.15, -0.1) is 0 Å². The predicted octanol–water partition coefficient (Wildman–Crippen LogP) is 2.90. The predicted molar refractivity (Wildman–Crippen MR) is 78.4 cm³/mol. The van der Waals surface area contributed by atoms with Crippen molar-refractivity contribution in [2.75, 3.05) is 0 Å². The summed E-state index contributed by atoms with van der Waals surface area (Å²) in [5, 5.41) is 0. The fourth-order valence-electron chi connectivity index (χ4n) is 1.66. The molecule has 0 atom stereocenters. The third-order valence-corrected chi connectivity index (χ3v) is 2.28. The number of hydrogen-bond donors (Lipinski definition) is 0. The first kappa shape index (κ1) is 17.3. The SMILES string of the molecule is CC(C)OC1=C(OC(C)C)/C(=C/C(=O)OC(C)(C)C)C1=O. The molecule has 0 amide bonds. The van der Waals surface area contributed by atoms with Gasteiger partial charge in [0.25, 0.3) is 0 Å². The number of ether oxygens (including phenoxy) is 3. The largest absolute Gasteiger partial charge is 0.486 e. The van der Waals surface area contributed by atoms with E-state index >= 15 is 0 Å². The van der Waals surface area contributed by atoms with E-state index in [2.05, 4.69) is 0 Å². The molecule has 0 heterocycles. The first-order valence-corrected chi connectivity index (χ1v) is 7.08. The lowest BCUT2D eigenvalue weighted by Gasteiger charge is -2.28. The fraction of sp³-hybridized carbons (Fsp3) is 0.625. The minimum atomic E-state index is -0.610. The van der Waals surface area contributed by atoms with Gasteiger partial charge in [-0.1, -0.05) is 0 Å². The standard InChI is InChI=1S/C16H24O5/c1-9(2)19-14-11(8-12(17)21-16(5,6)7)13(18)15(14)20-10(3)4/h8-10H,1-7H3/b11-8+. The lowest BCUT2D eigenvalue weighted by atomic mass is 9.94. The van der Waals surface area contributed by atoms with Crippen LogP contribution in [-0.4, -0.2) is 29.6 Å². The molecule has 0 unspecified atom stereocenters. The number of allylic oxidation sites excluding steroid dienone is 2. The Kier molecular flexibility index (Phi) is 5.20. The van der Waals surface area contributed by atoms with Crippen molar-refractivity contribution in [3.05, 3.63) is 23.2 Å². The van der Waals surface area contributed by atoms with Gasteiger partial charge < -0.3 is 14.2 Å². The molecule has 0 aromatic rings. The molecule has 1 aliphatic carbocycles. The zero-order valence-corrected chi connectivity index (χ0v) is 13.8. The summed E-state index contributed by atoms with van der Waals surface area (Å²) >= 11 is 0. The summed E-state index contributed by atoms with van der Waals surface area (Å²) in [4.78, 5) is 23.8. The summed E-state index contributed by atoms with van der Waals surface area (Å²) in [6.45, 7) is 12.6. The van der Waals surface area contributed by atoms with Crippen molar-refractivity contribution >= 4 is 11.8 Å². The number of hydrogen-bond acceptors (Lipinski definition) is 5. The van der Waals surface area contributed by atoms with Gasteiger partial charge in [0.2, 0.25) is 11.5 Å². The summed E-state index contributed by atoms with van der Waals surface area (Å²) in [6.07, 6.45) is 0.900. The zero-order chi connectivity index (χ0) is 16.4. The Hall–Kier alpha value is -1.78. The molecule has 0 fully saturated rings. The fourth-order valence-corrected chi connectivity index (χ4v) is 1.66. The lowest BCUT2D eigenvalue weighted by molar-refractivity contribution is -0.148. The van der Waals surface area contributed by atoms with Crippen LogP contribution in [0, 0.1) is 0 Å². The van der Waals surface area contributed by atoms with Gasteiger partial charge in [-0.05, 0) is 48.5 Å². The van der Waals surface area contributed by atoms with Gasteiger partial charge in [0, 0.05) is 6.08 Å². The second-order valence-electron chi connectivity index (χ2n) is 6.41. The number of rotatable bonds is 5. The van der Waals surface area contributed by atoms with Crippen LogP contribution in [0.1, 0.15) is 48.5 Å². The van der Waals surface area contributed by atoms with Crippen LogP contribution in [0.2, 0.25) is 0 Å². The highest BCUT2D eigenvalue weighted by Crippen LogP contribution is 2.34. The summed E-state index contributed by atoms with van der Waals surface area (Å²) in [5.41, 5.74) is -0.408. The van der Waals surface area contributed by atoms with E-state index in [9.17, 15) is 9.59 Å². The first-order chi connectivity index (χ1) is 9.51. The average Bonchev–Trinajstić information content (AvgIpc) is 2.28. The summed E-state index contributed by atoms with van der Waals surface area (Å²) in [5.74, 6) is -0.396. The summed E-state index contributed by atoms with van der Waals surface area (Å²) < 4.78 is 16.2. The summed E-state index contributed by atoms with van der Waals surface area (Å²) in [7, 11) is 0. The molecular formula is C16H24O5. The smallest absolute Gasteiger partial charge is 0.332 e. The van der Waals surface area contributed by atoms with Crippen molar-refractivity contribution in [3.63, 3.8) is 0 Å². The van der Waals surface area contributed by atoms with Crippen molar-refractivity contribution in [2.24, 2.45) is 0 Å². The van der Waals surface area contributed by atoms with Crippen LogP contribution >= 0.6 is 0 Å². The van der Waals surface area contributed by atoms with E-state index in [-0.39, 0.29) is 29.3 Å². The van der Waals surface area contributed by atoms with Crippen molar-refractivity contribution < 1.29 is 23.8 Å². The molecule has 0 radical (unpaired) electrons. The molecule has 1 rings (SSSR count). The minimum Gasteiger partial charge on any atom is -0.486 e. The minimum absolute atomic E-state index is 0.124. The van der Waals surface area contributed by atoms with Gasteiger partial charge >= 0.3 is 5.97 Å². The molecule has 118 valence electrons. The second kappa shape index (κ2) is 6.33. The van der Waals surface area contributed by atoms with E-state index in [0.717, 1.165) is 0 Å². The van der Waals surface area contributed by atoms with Gasteiger partial charge in [0.15, 0.2) is 5.76 Å². The molecule has 0 aromatic heterocycles. The second-order valence-corrected chi connectivity index (χ2v) is 6.41. The lowest BCUT2D eigenvalue weighted by Crippen LogP contribution is -2.31. The zero-order valence-electron chi connectivity index (χ0n) is 13.8. The highest BCUT2D eigenvalue weighted by molar-refractivity contribution is 6.19. The molecule has 0 saturated carbocycles. The Balaban J connectivity index is 2.99. The molecule has 0 N–H and O–H groups in total. The Morgan fingerprint density at radius 1 is 1.00 bits per heavy atom. The van der Waals surface area contributed by atoms with Crippen molar-refractivity contribution in [1.82, 2.24) is 0 Å². The normalized spacial score (nSPS) is 17.4. The topological polar surface area (TPSA) is 61.8 Å². The maximum absolute atomic E-state index is 12.1. The molecule has 1 aliphatic rings. The monoisotopic (exact) mass is 296 g/mol. The van der Waals surface area contributed by atoms with Crippen LogP contribution in [0.25, 0.3) is 0 Å². The van der Waals surface area contributed by atoms with Crippen molar-refractivity contribution in [2.45, 2.75) is 66.3 Å². The van der Waals surface area contributed by atoms with Gasteiger partial charge in [0.05, 0.1) is 17.8 Å². The van der Waals surface area contributed by atoms with Gasteiger partial charge in [-0.2, -0.15) is 0 Å². The molecule has 0 bridgehead atoms. The Morgan fingerprint density at radius 2 is 1.48 bits per heavy atom. The van der Waals surface area contributed by atoms with Crippen LogP contribution in [0.4, 0.5) is 0 Å². The number of carbonyl (C=O) groups excluding carboxylic acids is 2. The van der Waals surface area contributed by atoms with Crippen LogP contribution in [0.3, 0.4) is 0 Å². The van der Waals surface area contributed by atoms with Crippen LogP contribution in [-0.2, 0) is 23.8 Å². The number of carbonyl (C=O) groups is 2. The first-order valence-electron chi connectivity index (χ1n) is 7.08. The maximum Gasteiger partial charge on any atom is 0.332 e. The molecule has 21 heavy (non-hydrogen) atoms. The van der Waals surface area contributed by atoms with Crippen LogP contribution < -0.4 is 0 Å². The van der Waals surface area contributed by atoms with E-state index in [1.54, 1.807) is 20.8 Å².